The van der Waals surface area contributed by atoms with Crippen molar-refractivity contribution in [2.45, 2.75) is 38.6 Å². The smallest absolute Gasteiger partial charge is 0.259 e. The number of nitrogens with one attached hydrogen (secondary N) is 1. The SMILES string of the molecule is COCC(C)Nc1nccc(N(CCCCc2ccccc2)C(=O)c2ccc3c(c2)CCO3)n1. The first-order valence-electron chi connectivity index (χ1n) is 11.8. The number of aromatic nitrogens is 2. The van der Waals surface area contributed by atoms with Gasteiger partial charge in [0, 0.05) is 37.9 Å². The van der Waals surface area contributed by atoms with Gasteiger partial charge in [0.15, 0.2) is 0 Å². The third-order valence-corrected chi connectivity index (χ3v) is 5.83. The zero-order chi connectivity index (χ0) is 23.8. The van der Waals surface area contributed by atoms with E-state index >= 15 is 0 Å². The summed E-state index contributed by atoms with van der Waals surface area (Å²) in [4.78, 5) is 24.4. The molecule has 0 aliphatic carbocycles. The maximum absolute atomic E-state index is 13.6. The van der Waals surface area contributed by atoms with Gasteiger partial charge >= 0.3 is 0 Å². The van der Waals surface area contributed by atoms with E-state index < -0.39 is 0 Å². The van der Waals surface area contributed by atoms with E-state index in [4.69, 9.17) is 9.47 Å². The molecule has 1 aliphatic rings. The molecule has 0 saturated heterocycles. The van der Waals surface area contributed by atoms with Crippen molar-refractivity contribution in [2.24, 2.45) is 0 Å². The van der Waals surface area contributed by atoms with E-state index in [1.807, 2.05) is 31.2 Å². The minimum absolute atomic E-state index is 0.0481. The third kappa shape index (κ3) is 6.11. The van der Waals surface area contributed by atoms with Crippen LogP contribution in [0.25, 0.3) is 0 Å². The highest BCUT2D eigenvalue weighted by molar-refractivity contribution is 6.05. The van der Waals surface area contributed by atoms with Crippen molar-refractivity contribution < 1.29 is 14.3 Å². The number of methoxy groups -OCH3 is 1. The summed E-state index contributed by atoms with van der Waals surface area (Å²) in [6.07, 6.45) is 5.33. The van der Waals surface area contributed by atoms with E-state index in [0.717, 1.165) is 37.0 Å². The topological polar surface area (TPSA) is 76.6 Å². The van der Waals surface area contributed by atoms with Gasteiger partial charge in [-0.25, -0.2) is 4.98 Å². The monoisotopic (exact) mass is 460 g/mol. The second-order valence-corrected chi connectivity index (χ2v) is 8.56. The summed E-state index contributed by atoms with van der Waals surface area (Å²) in [6, 6.07) is 17.9. The highest BCUT2D eigenvalue weighted by Crippen LogP contribution is 2.27. The fourth-order valence-corrected chi connectivity index (χ4v) is 4.12. The second kappa shape index (κ2) is 11.6. The number of nitrogens with zero attached hydrogens (tertiary/aromatic N) is 3. The molecule has 0 saturated carbocycles. The zero-order valence-electron chi connectivity index (χ0n) is 19.9. The van der Waals surface area contributed by atoms with E-state index in [9.17, 15) is 4.79 Å². The molecule has 0 bridgehead atoms. The van der Waals surface area contributed by atoms with Crippen molar-refractivity contribution >= 4 is 17.7 Å². The molecule has 1 amide bonds. The summed E-state index contributed by atoms with van der Waals surface area (Å²) in [5.41, 5.74) is 3.03. The maximum atomic E-state index is 13.6. The van der Waals surface area contributed by atoms with E-state index in [1.165, 1.54) is 5.56 Å². The first-order chi connectivity index (χ1) is 16.6. The molecule has 178 valence electrons. The summed E-state index contributed by atoms with van der Waals surface area (Å²) >= 11 is 0. The standard InChI is InChI=1S/C27H32N4O3/c1-20(19-33-2)29-27-28-15-13-25(30-27)31(16-7-6-10-21-8-4-3-5-9-21)26(32)23-11-12-24-22(18-23)14-17-34-24/h3-5,8-9,11-13,15,18,20H,6-7,10,14,16-17,19H2,1-2H3,(H,28,29,30). The molecule has 0 fully saturated rings. The van der Waals surface area contributed by atoms with Crippen LogP contribution in [0.3, 0.4) is 0 Å². The van der Waals surface area contributed by atoms with Gasteiger partial charge in [0.05, 0.1) is 13.2 Å². The van der Waals surface area contributed by atoms with Crippen molar-refractivity contribution in [3.8, 4) is 5.75 Å². The fourth-order valence-electron chi connectivity index (χ4n) is 4.12. The molecular weight excluding hydrogens is 428 g/mol. The molecule has 2 aromatic carbocycles. The Balaban J connectivity index is 1.51. The van der Waals surface area contributed by atoms with Gasteiger partial charge in [0.25, 0.3) is 5.91 Å². The minimum atomic E-state index is -0.0657. The minimum Gasteiger partial charge on any atom is -0.493 e. The predicted molar refractivity (Wildman–Crippen MR) is 134 cm³/mol. The largest absolute Gasteiger partial charge is 0.493 e. The normalized spacial score (nSPS) is 13.1. The van der Waals surface area contributed by atoms with Gasteiger partial charge in [0.2, 0.25) is 5.95 Å². The summed E-state index contributed by atoms with van der Waals surface area (Å²) < 4.78 is 10.8. The number of carbonyl (C=O) groups is 1. The van der Waals surface area contributed by atoms with Crippen LogP contribution >= 0.6 is 0 Å². The molecule has 2 heterocycles. The lowest BCUT2D eigenvalue weighted by atomic mass is 10.1. The molecular formula is C27H32N4O3. The van der Waals surface area contributed by atoms with Crippen LogP contribution < -0.4 is 15.0 Å². The fraction of sp³-hybridized carbons (Fsp3) is 0.370. The van der Waals surface area contributed by atoms with E-state index in [1.54, 1.807) is 24.3 Å². The van der Waals surface area contributed by atoms with Crippen LogP contribution in [-0.4, -0.2) is 48.8 Å². The van der Waals surface area contributed by atoms with Gasteiger partial charge in [-0.05, 0) is 61.6 Å². The molecule has 1 aromatic heterocycles. The number of aryl methyl sites for hydroxylation is 1. The van der Waals surface area contributed by atoms with Gasteiger partial charge in [-0.3, -0.25) is 9.69 Å². The summed E-state index contributed by atoms with van der Waals surface area (Å²) in [6.45, 7) is 3.77. The van der Waals surface area contributed by atoms with E-state index in [0.29, 0.717) is 37.1 Å². The Bertz CT molecular complexity index is 1090. The second-order valence-electron chi connectivity index (χ2n) is 8.56. The zero-order valence-corrected chi connectivity index (χ0v) is 19.9. The van der Waals surface area contributed by atoms with Gasteiger partial charge in [-0.15, -0.1) is 0 Å². The lowest BCUT2D eigenvalue weighted by Crippen LogP contribution is -2.33. The molecule has 4 rings (SSSR count). The third-order valence-electron chi connectivity index (χ3n) is 5.83. The average Bonchev–Trinajstić information content (AvgIpc) is 3.33. The molecule has 34 heavy (non-hydrogen) atoms. The van der Waals surface area contributed by atoms with Crippen LogP contribution in [0.15, 0.2) is 60.8 Å². The van der Waals surface area contributed by atoms with Crippen molar-refractivity contribution in [1.82, 2.24) is 9.97 Å². The van der Waals surface area contributed by atoms with Crippen LogP contribution in [0.4, 0.5) is 11.8 Å². The Kier molecular flexibility index (Phi) is 8.09. The number of benzene rings is 2. The Morgan fingerprint density at radius 1 is 1.18 bits per heavy atom. The molecule has 1 atom stereocenters. The van der Waals surface area contributed by atoms with Crippen molar-refractivity contribution in [2.75, 3.05) is 37.1 Å². The first kappa shape index (κ1) is 23.7. The van der Waals surface area contributed by atoms with Gasteiger partial charge in [0.1, 0.15) is 11.6 Å². The lowest BCUT2D eigenvalue weighted by molar-refractivity contribution is 0.0985. The molecule has 7 nitrogen and oxygen atoms in total. The highest BCUT2D eigenvalue weighted by Gasteiger charge is 2.22. The number of hydrogen-bond acceptors (Lipinski definition) is 6. The summed E-state index contributed by atoms with van der Waals surface area (Å²) in [5.74, 6) is 1.87. The van der Waals surface area contributed by atoms with Crippen LogP contribution in [-0.2, 0) is 17.6 Å². The van der Waals surface area contributed by atoms with E-state index in [2.05, 4.69) is 39.6 Å². The molecule has 1 unspecified atom stereocenters. The van der Waals surface area contributed by atoms with Crippen LogP contribution in [0.1, 0.15) is 41.3 Å². The number of carbonyl (C=O) groups excluding carboxylic acids is 1. The predicted octanol–water partition coefficient (Wildman–Crippen LogP) is 4.53. The Morgan fingerprint density at radius 3 is 2.85 bits per heavy atom. The molecule has 3 aromatic rings. The summed E-state index contributed by atoms with van der Waals surface area (Å²) in [7, 11) is 1.66. The molecule has 0 radical (unpaired) electrons. The van der Waals surface area contributed by atoms with Gasteiger partial charge in [-0.1, -0.05) is 30.3 Å². The number of hydrogen-bond donors (Lipinski definition) is 1. The average molecular weight is 461 g/mol. The van der Waals surface area contributed by atoms with Gasteiger partial charge < -0.3 is 14.8 Å². The first-order valence-corrected chi connectivity index (χ1v) is 11.8. The van der Waals surface area contributed by atoms with Crippen molar-refractivity contribution in [1.29, 1.82) is 0 Å². The Labute approximate surface area is 201 Å². The molecule has 1 N–H and O–H groups in total. The quantitative estimate of drug-likeness (QED) is 0.424. The van der Waals surface area contributed by atoms with Crippen LogP contribution in [0, 0.1) is 0 Å². The van der Waals surface area contributed by atoms with E-state index in [-0.39, 0.29) is 11.9 Å². The van der Waals surface area contributed by atoms with Crippen LogP contribution in [0.2, 0.25) is 0 Å². The number of ether oxygens (including phenoxy) is 2. The number of unbranched alkanes of at least 4 members (excludes halogenated alkanes) is 1. The number of rotatable bonds is 11. The Morgan fingerprint density at radius 2 is 2.03 bits per heavy atom. The van der Waals surface area contributed by atoms with Crippen molar-refractivity contribution in [3.05, 3.63) is 77.5 Å². The highest BCUT2D eigenvalue weighted by atomic mass is 16.5. The molecule has 0 spiro atoms. The Hall–Kier alpha value is -3.45. The molecule has 1 aliphatic heterocycles. The molecule has 7 heteroatoms. The van der Waals surface area contributed by atoms with Gasteiger partial charge in [-0.2, -0.15) is 4.98 Å². The van der Waals surface area contributed by atoms with Crippen molar-refractivity contribution in [3.63, 3.8) is 0 Å². The number of amides is 1. The lowest BCUT2D eigenvalue weighted by Gasteiger charge is -2.23. The number of anilines is 2. The maximum Gasteiger partial charge on any atom is 0.259 e. The van der Waals surface area contributed by atoms with Crippen LogP contribution in [0.5, 0.6) is 5.75 Å². The summed E-state index contributed by atoms with van der Waals surface area (Å²) in [5, 5.41) is 3.24. The number of fused-ring (bicyclic) bond motifs is 1.